The van der Waals surface area contributed by atoms with Crippen LogP contribution in [0.25, 0.3) is 21.5 Å². The van der Waals surface area contributed by atoms with Crippen LogP contribution in [0.2, 0.25) is 0 Å². The number of carbonyl (C=O) groups excluding carboxylic acids is 2. The predicted molar refractivity (Wildman–Crippen MR) is 144 cm³/mol. The highest BCUT2D eigenvalue weighted by Gasteiger charge is 2.38. The van der Waals surface area contributed by atoms with Crippen LogP contribution < -0.4 is 9.47 Å². The fourth-order valence-corrected chi connectivity index (χ4v) is 5.95. The molecule has 1 saturated carbocycles. The molecule has 2 atom stereocenters. The fourth-order valence-electron chi connectivity index (χ4n) is 5.95. The van der Waals surface area contributed by atoms with Gasteiger partial charge in [-0.25, -0.2) is 9.59 Å². The minimum Gasteiger partial charge on any atom is -0.419 e. The molecule has 0 heterocycles. The van der Waals surface area contributed by atoms with Gasteiger partial charge in [0.25, 0.3) is 0 Å². The van der Waals surface area contributed by atoms with Crippen LogP contribution in [0.1, 0.15) is 62.9 Å². The first-order chi connectivity index (χ1) is 18.1. The molecule has 37 heavy (non-hydrogen) atoms. The first-order valence-electron chi connectivity index (χ1n) is 12.7. The van der Waals surface area contributed by atoms with Gasteiger partial charge < -0.3 is 9.47 Å². The van der Waals surface area contributed by atoms with Crippen LogP contribution >= 0.6 is 0 Å². The Morgan fingerprint density at radius 3 is 1.43 bits per heavy atom. The molecule has 2 bridgehead atoms. The monoisotopic (exact) mass is 484 g/mol. The average molecular weight is 485 g/mol. The number of esters is 2. The van der Waals surface area contributed by atoms with E-state index in [4.69, 9.17) is 9.47 Å². The molecule has 2 aliphatic rings. The summed E-state index contributed by atoms with van der Waals surface area (Å²) < 4.78 is 11.8. The lowest BCUT2D eigenvalue weighted by Crippen LogP contribution is -2.14. The minimum atomic E-state index is -0.475. The van der Waals surface area contributed by atoms with Gasteiger partial charge in [0.2, 0.25) is 0 Å². The van der Waals surface area contributed by atoms with E-state index in [9.17, 15) is 9.59 Å². The van der Waals surface area contributed by atoms with Crippen molar-refractivity contribution in [2.75, 3.05) is 0 Å². The summed E-state index contributed by atoms with van der Waals surface area (Å²) >= 11 is 0. The Morgan fingerprint density at radius 2 is 0.973 bits per heavy atom. The van der Waals surface area contributed by atoms with E-state index in [0.29, 0.717) is 34.5 Å². The number of rotatable bonds is 4. The Kier molecular flexibility index (Phi) is 5.07. The number of hydrogen-bond acceptors (Lipinski definition) is 4. The van der Waals surface area contributed by atoms with Gasteiger partial charge in [-0.2, -0.15) is 0 Å². The molecule has 0 saturated heterocycles. The summed E-state index contributed by atoms with van der Waals surface area (Å²) in [7, 11) is 0. The molecule has 0 aromatic heterocycles. The molecule has 7 rings (SSSR count). The molecule has 0 N–H and O–H groups in total. The third-order valence-corrected chi connectivity index (χ3v) is 7.84. The molecule has 0 radical (unpaired) electrons. The summed E-state index contributed by atoms with van der Waals surface area (Å²) in [6.45, 7) is 0. The highest BCUT2D eigenvalue weighted by Crippen LogP contribution is 2.55. The Labute approximate surface area is 214 Å². The SMILES string of the molecule is O=C(Oc1cc2c(cc1OC(=O)c1ccc3ccccc3c1)C1CCC2C1)c1ccc2ccccc2c1. The van der Waals surface area contributed by atoms with Gasteiger partial charge in [-0.3, -0.25) is 0 Å². The van der Waals surface area contributed by atoms with Crippen LogP contribution in [0.4, 0.5) is 0 Å². The second kappa shape index (κ2) is 8.59. The molecular formula is C33H24O4. The molecule has 4 nitrogen and oxygen atoms in total. The topological polar surface area (TPSA) is 52.6 Å². The third kappa shape index (κ3) is 3.86. The molecule has 180 valence electrons. The van der Waals surface area contributed by atoms with Crippen LogP contribution in [0.5, 0.6) is 11.5 Å². The lowest BCUT2D eigenvalue weighted by atomic mass is 9.91. The van der Waals surface area contributed by atoms with Crippen molar-refractivity contribution in [1.29, 1.82) is 0 Å². The predicted octanol–water partition coefficient (Wildman–Crippen LogP) is 7.80. The molecular weight excluding hydrogens is 460 g/mol. The summed E-state index contributed by atoms with van der Waals surface area (Å²) in [5.41, 5.74) is 3.33. The van der Waals surface area contributed by atoms with E-state index in [1.54, 1.807) is 12.1 Å². The number of fused-ring (bicyclic) bond motifs is 7. The van der Waals surface area contributed by atoms with E-state index in [2.05, 4.69) is 0 Å². The summed E-state index contributed by atoms with van der Waals surface area (Å²) in [5.74, 6) is 0.581. The largest absolute Gasteiger partial charge is 0.419 e. The average Bonchev–Trinajstić information content (AvgIpc) is 3.55. The van der Waals surface area contributed by atoms with Gasteiger partial charge in [0.05, 0.1) is 11.1 Å². The van der Waals surface area contributed by atoms with Gasteiger partial charge in [-0.15, -0.1) is 0 Å². The summed E-state index contributed by atoms with van der Waals surface area (Å²) in [6.07, 6.45) is 3.40. The van der Waals surface area contributed by atoms with Crippen LogP contribution in [0, 0.1) is 0 Å². The van der Waals surface area contributed by atoms with E-state index >= 15 is 0 Å². The van der Waals surface area contributed by atoms with E-state index in [0.717, 1.165) is 40.8 Å². The Bertz CT molecular complexity index is 1590. The standard InChI is InChI=1S/C33H24O4/c34-32(26-13-9-20-5-1-3-7-22(20)15-26)36-30-18-28-24-11-12-25(17-24)29(28)19-31(30)37-33(35)27-14-10-21-6-2-4-8-23(21)16-27/h1-10,13-16,18-19,24-25H,11-12,17H2. The van der Waals surface area contributed by atoms with Crippen molar-refractivity contribution in [3.8, 4) is 11.5 Å². The summed E-state index contributed by atoms with van der Waals surface area (Å²) in [5, 5.41) is 4.03. The van der Waals surface area contributed by atoms with Gasteiger partial charge >= 0.3 is 11.9 Å². The Morgan fingerprint density at radius 1 is 0.541 bits per heavy atom. The highest BCUT2D eigenvalue weighted by atomic mass is 16.6. The van der Waals surface area contributed by atoms with Crippen LogP contribution in [0.3, 0.4) is 0 Å². The van der Waals surface area contributed by atoms with Gasteiger partial charge in [-0.1, -0.05) is 60.7 Å². The number of ether oxygens (including phenoxy) is 2. The molecule has 2 aliphatic carbocycles. The number of benzene rings is 5. The van der Waals surface area contributed by atoms with E-state index in [-0.39, 0.29) is 0 Å². The first kappa shape index (κ1) is 21.8. The quantitative estimate of drug-likeness (QED) is 0.193. The molecule has 4 heteroatoms. The van der Waals surface area contributed by atoms with Crippen molar-refractivity contribution < 1.29 is 19.1 Å². The Balaban J connectivity index is 1.23. The maximum atomic E-state index is 13.2. The van der Waals surface area contributed by atoms with Gasteiger partial charge in [-0.05, 0) is 100 Å². The summed E-state index contributed by atoms with van der Waals surface area (Å²) in [6, 6.07) is 30.6. The Hall–Kier alpha value is -4.44. The maximum absolute atomic E-state index is 13.2. The van der Waals surface area contributed by atoms with Crippen LogP contribution in [0.15, 0.2) is 97.1 Å². The second-order valence-electron chi connectivity index (χ2n) is 10.0. The maximum Gasteiger partial charge on any atom is 0.343 e. The van der Waals surface area contributed by atoms with E-state index in [1.165, 1.54) is 11.1 Å². The fraction of sp³-hybridized carbons (Fsp3) is 0.152. The van der Waals surface area contributed by atoms with E-state index < -0.39 is 11.9 Å². The molecule has 5 aromatic rings. The van der Waals surface area contributed by atoms with E-state index in [1.807, 2.05) is 84.9 Å². The molecule has 2 unspecified atom stereocenters. The normalized spacial score (nSPS) is 17.6. The van der Waals surface area contributed by atoms with Crippen molar-refractivity contribution in [3.63, 3.8) is 0 Å². The van der Waals surface area contributed by atoms with Gasteiger partial charge in [0.1, 0.15) is 0 Å². The van der Waals surface area contributed by atoms with Crippen LogP contribution in [-0.2, 0) is 0 Å². The zero-order valence-corrected chi connectivity index (χ0v) is 20.1. The zero-order valence-electron chi connectivity index (χ0n) is 20.1. The smallest absolute Gasteiger partial charge is 0.343 e. The zero-order chi connectivity index (χ0) is 24.9. The minimum absolute atomic E-state index is 0.290. The van der Waals surface area contributed by atoms with Crippen molar-refractivity contribution >= 4 is 33.5 Å². The van der Waals surface area contributed by atoms with Crippen molar-refractivity contribution in [3.05, 3.63) is 119 Å². The summed E-state index contributed by atoms with van der Waals surface area (Å²) in [4.78, 5) is 26.4. The van der Waals surface area contributed by atoms with Crippen molar-refractivity contribution in [1.82, 2.24) is 0 Å². The number of carbonyl (C=O) groups is 2. The first-order valence-corrected chi connectivity index (χ1v) is 12.7. The molecule has 1 fully saturated rings. The number of hydrogen-bond donors (Lipinski definition) is 0. The van der Waals surface area contributed by atoms with Gasteiger partial charge in [0.15, 0.2) is 11.5 Å². The molecule has 0 amide bonds. The van der Waals surface area contributed by atoms with Crippen molar-refractivity contribution in [2.45, 2.75) is 31.1 Å². The molecule has 5 aromatic carbocycles. The van der Waals surface area contributed by atoms with Gasteiger partial charge in [0, 0.05) is 0 Å². The lowest BCUT2D eigenvalue weighted by Gasteiger charge is -2.19. The highest BCUT2D eigenvalue weighted by molar-refractivity contribution is 5.98. The second-order valence-corrected chi connectivity index (χ2v) is 10.0. The van der Waals surface area contributed by atoms with Crippen LogP contribution in [-0.4, -0.2) is 11.9 Å². The molecule has 0 aliphatic heterocycles. The third-order valence-electron chi connectivity index (χ3n) is 7.84. The molecule has 0 spiro atoms. The van der Waals surface area contributed by atoms with Crippen molar-refractivity contribution in [2.24, 2.45) is 0 Å². The lowest BCUT2D eigenvalue weighted by molar-refractivity contribution is 0.0682.